The Hall–Kier alpha value is -8.80. The Bertz CT molecular complexity index is 3320. The molecule has 36 heteroatoms. The van der Waals surface area contributed by atoms with Gasteiger partial charge < -0.3 is 103 Å². The summed E-state index contributed by atoms with van der Waals surface area (Å²) in [5.74, 6) is -16.0. The van der Waals surface area contributed by atoms with E-state index in [9.17, 15) is 72.5 Å². The van der Waals surface area contributed by atoms with Crippen LogP contribution in [0.4, 0.5) is 24.0 Å². The second kappa shape index (κ2) is 55.3. The van der Waals surface area contributed by atoms with Gasteiger partial charge in [0.05, 0.1) is 54.3 Å². The third kappa shape index (κ3) is 50.4. The lowest BCUT2D eigenvalue weighted by Gasteiger charge is -2.28. The number of carbonyl (C=O) groups excluding carboxylic acids is 16. The van der Waals surface area contributed by atoms with Crippen molar-refractivity contribution in [2.45, 2.75) is 382 Å². The Labute approximate surface area is 716 Å². The largest absolute Gasteiger partial charge is 0.444 e. The molecule has 0 radical (unpaired) electrons. The van der Waals surface area contributed by atoms with Gasteiger partial charge in [-0.1, -0.05) is 97.8 Å². The zero-order valence-corrected chi connectivity index (χ0v) is 76.0. The number of ketones is 4. The maximum Gasteiger partial charge on any atom is 0.407 e. The molecule has 0 bridgehead atoms. The maximum absolute atomic E-state index is 15.5. The van der Waals surface area contributed by atoms with E-state index < -0.39 is 253 Å². The summed E-state index contributed by atoms with van der Waals surface area (Å²) in [7, 11) is 0. The average molecular weight is 1720 g/mol. The zero-order chi connectivity index (χ0) is 92.2. The number of nitrogens with two attached hydrogens (primary N) is 1. The van der Waals surface area contributed by atoms with E-state index in [0.29, 0.717) is 19.3 Å². The molecule has 36 nitrogen and oxygen atoms in total. The second-order valence-electron chi connectivity index (χ2n) is 36.4. The van der Waals surface area contributed by atoms with E-state index in [1.807, 2.05) is 6.92 Å². The molecule has 121 heavy (non-hydrogen) atoms. The molecule has 0 aromatic heterocycles. The molecule has 0 aromatic carbocycles. The van der Waals surface area contributed by atoms with Gasteiger partial charge in [0.2, 0.25) is 41.4 Å². The van der Waals surface area contributed by atoms with Crippen LogP contribution in [0.15, 0.2) is 0 Å². The van der Waals surface area contributed by atoms with Crippen molar-refractivity contribution in [3.63, 3.8) is 0 Å². The lowest BCUT2D eigenvalue weighted by molar-refractivity contribution is -0.137. The average Bonchev–Trinajstić information content (AvgIpc) is 1.34. The smallest absolute Gasteiger partial charge is 0.407 e. The summed E-state index contributed by atoms with van der Waals surface area (Å²) in [6.45, 7) is 30.3. The van der Waals surface area contributed by atoms with Crippen LogP contribution in [0.3, 0.4) is 0 Å². The minimum atomic E-state index is -1.71. The van der Waals surface area contributed by atoms with Crippen LogP contribution in [0.25, 0.3) is 0 Å². The Morgan fingerprint density at radius 2 is 0.785 bits per heavy atom. The van der Waals surface area contributed by atoms with Crippen LogP contribution in [0, 0.1) is 23.7 Å². The van der Waals surface area contributed by atoms with Crippen molar-refractivity contribution >= 4 is 94.9 Å². The first kappa shape index (κ1) is 110. The number of hydrogen-bond donors (Lipinski definition) is 15. The molecule has 0 aliphatic carbocycles. The van der Waals surface area contributed by atoms with Crippen LogP contribution < -0.4 is 69.5 Å². The first-order valence-corrected chi connectivity index (χ1v) is 43.3. The molecule has 0 spiro atoms. The lowest BCUT2D eigenvalue weighted by atomic mass is 9.89. The van der Waals surface area contributed by atoms with E-state index in [1.54, 1.807) is 111 Å². The SMILES string of the molecule is CCCCCCCC[C@H]1CC(=O)[C@H](CCNC(=O)OC(C)(C)C)NC(=O)[C@@H](CC(=O)[C@H](CCNC(=O)OC(C)(C)C)NC(=O)[C@@H](CC(=O)[C@H](CCNC(=O)OC(C)(C)C)NC(=O)[C@@H](N)CCCCCCCC)[C@@H](C)O)CCNC(=O)[C@H]([C@@H](C)O)CC(=O)[C@H](CCNC(=O)OC(C)(C)C)NC(=O)[C@H](CCNC(=O)OC(C)(C)C)NC(=O)[C@H](CC)NC1=O. The van der Waals surface area contributed by atoms with Gasteiger partial charge in [-0.05, 0) is 175 Å². The minimum absolute atomic E-state index is 0.0704. The minimum Gasteiger partial charge on any atom is -0.444 e. The number of hydrogen-bond acceptors (Lipinski definition) is 24. The number of alkyl carbamates (subject to hydrolysis) is 5. The van der Waals surface area contributed by atoms with Gasteiger partial charge in [-0.15, -0.1) is 0 Å². The monoisotopic (exact) mass is 1720 g/mol. The summed E-state index contributed by atoms with van der Waals surface area (Å²) in [5.41, 5.74) is 1.54. The van der Waals surface area contributed by atoms with E-state index >= 15 is 14.4 Å². The number of rotatable bonds is 42. The van der Waals surface area contributed by atoms with Crippen LogP contribution in [0.5, 0.6) is 0 Å². The van der Waals surface area contributed by atoms with Crippen LogP contribution in [-0.2, 0) is 76.4 Å². The number of amides is 12. The number of carbonyl (C=O) groups is 16. The highest BCUT2D eigenvalue weighted by Gasteiger charge is 2.40. The summed E-state index contributed by atoms with van der Waals surface area (Å²) >= 11 is 0. The van der Waals surface area contributed by atoms with E-state index in [0.717, 1.165) is 57.8 Å². The highest BCUT2D eigenvalue weighted by Crippen LogP contribution is 2.24. The number of aliphatic hydroxyl groups excluding tert-OH is 2. The number of ether oxygens (including phenoxy) is 5. The number of Topliss-reactive ketones (excluding diaryl/α,β-unsaturated/α-hetero) is 4. The molecule has 16 N–H and O–H groups in total. The van der Waals surface area contributed by atoms with Crippen LogP contribution in [0.2, 0.25) is 0 Å². The van der Waals surface area contributed by atoms with E-state index in [1.165, 1.54) is 13.8 Å². The van der Waals surface area contributed by atoms with Crippen LogP contribution in [0.1, 0.15) is 299 Å². The molecular weight excluding hydrogens is 1570 g/mol. The van der Waals surface area contributed by atoms with E-state index in [4.69, 9.17) is 29.4 Å². The fraction of sp³-hybridized carbons (Fsp3) is 0.812. The van der Waals surface area contributed by atoms with Gasteiger partial charge in [-0.25, -0.2) is 24.0 Å². The van der Waals surface area contributed by atoms with Crippen molar-refractivity contribution in [3.8, 4) is 0 Å². The van der Waals surface area contributed by atoms with Gasteiger partial charge in [0, 0.05) is 76.8 Å². The topological polar surface area (TPSA) is 530 Å². The molecular formula is C85H151N13O23. The zero-order valence-electron chi connectivity index (χ0n) is 76.0. The molecule has 1 aliphatic heterocycles. The quantitative estimate of drug-likeness (QED) is 0.0211. The van der Waals surface area contributed by atoms with Gasteiger partial charge in [-0.2, -0.15) is 0 Å². The highest BCUT2D eigenvalue weighted by molar-refractivity contribution is 5.99. The van der Waals surface area contributed by atoms with Crippen LogP contribution >= 0.6 is 0 Å². The van der Waals surface area contributed by atoms with Gasteiger partial charge in [0.15, 0.2) is 23.1 Å². The van der Waals surface area contributed by atoms with Crippen molar-refractivity contribution < 1.29 is 111 Å². The predicted octanol–water partition coefficient (Wildman–Crippen LogP) is 7.29. The fourth-order valence-corrected chi connectivity index (χ4v) is 12.8. The summed E-state index contributed by atoms with van der Waals surface area (Å²) in [6, 6.07) is -10.4. The lowest BCUT2D eigenvalue weighted by Crippen LogP contribution is -2.57. The molecule has 1 rings (SSSR count). The molecule has 12 amide bonds. The number of nitrogens with one attached hydrogen (secondary N) is 12. The van der Waals surface area contributed by atoms with Gasteiger partial charge in [0.1, 0.15) is 40.1 Å². The summed E-state index contributed by atoms with van der Waals surface area (Å²) in [6.07, 6.45) is -2.83. The van der Waals surface area contributed by atoms with Crippen molar-refractivity contribution in [2.24, 2.45) is 29.4 Å². The second-order valence-corrected chi connectivity index (χ2v) is 36.4. The molecule has 1 heterocycles. The third-order valence-electron chi connectivity index (χ3n) is 19.2. The Morgan fingerprint density at radius 1 is 0.421 bits per heavy atom. The molecule has 1 saturated heterocycles. The number of aliphatic hydroxyl groups is 2. The molecule has 0 aromatic rings. The van der Waals surface area contributed by atoms with Crippen molar-refractivity contribution in [1.82, 2.24) is 63.8 Å². The first-order valence-electron chi connectivity index (χ1n) is 43.3. The summed E-state index contributed by atoms with van der Waals surface area (Å²) in [5, 5.41) is 54.2. The van der Waals surface area contributed by atoms with Gasteiger partial charge in [0.25, 0.3) is 0 Å². The van der Waals surface area contributed by atoms with Gasteiger partial charge >= 0.3 is 30.5 Å². The van der Waals surface area contributed by atoms with Crippen molar-refractivity contribution in [2.75, 3.05) is 39.3 Å². The highest BCUT2D eigenvalue weighted by atomic mass is 16.6. The molecule has 13 atom stereocenters. The fourth-order valence-electron chi connectivity index (χ4n) is 12.8. The predicted molar refractivity (Wildman–Crippen MR) is 454 cm³/mol. The standard InChI is InChI=1S/C85H151N13O23/c1-21-24-26-28-30-32-34-54-48-65(101)60(37-43-88-76(112)117-81(6,7)8)94-70(106)55(36-42-87-71(107)56(52(4)99)50-67(103)63(40-46-91-79(115)120-84(15,16)17)97-75(111)64(41-47-92-80(116)121-85(18,19)20)98-74(110)59(23-3)93-69(54)105)49-66(102)61(38-44-89-77(113)118-82(9,10)11)95-72(108)57(53(5)100)51-68(104)62(39-45-90-78(114)119-83(12,13)14)96-73(109)58(86)35-33-31-29-27-25-22-2/h52-64,99-100H,21-51,86H2,1-20H3,(H,87,107)(H,88,112)(H,89,113)(H,90,114)(H,91,115)(H,92,116)(H,93,105)(H,94,106)(H,95,108)(H,96,109)(H,97,111)(H,98,110)/t52-,53-,54+,55-,56+,57+,58+,59+,60+,61+,62+,63+,64+/m1/s1. The van der Waals surface area contributed by atoms with Crippen LogP contribution in [-0.4, -0.2) is 227 Å². The molecule has 0 saturated carbocycles. The maximum atomic E-state index is 15.5. The first-order chi connectivity index (χ1) is 56.2. The Kier molecular flexibility index (Phi) is 50.4. The van der Waals surface area contributed by atoms with Crippen molar-refractivity contribution in [1.29, 1.82) is 0 Å². The molecule has 1 fully saturated rings. The van der Waals surface area contributed by atoms with E-state index in [2.05, 4.69) is 70.7 Å². The molecule has 0 unspecified atom stereocenters. The normalized spacial score (nSPS) is 20.1. The summed E-state index contributed by atoms with van der Waals surface area (Å²) < 4.78 is 27.1. The Balaban J connectivity index is 4.50. The third-order valence-corrected chi connectivity index (χ3v) is 19.2. The van der Waals surface area contributed by atoms with Gasteiger partial charge in [-0.3, -0.25) is 52.7 Å². The Morgan fingerprint density at radius 3 is 1.21 bits per heavy atom. The number of unbranched alkanes of at least 4 members (excludes halogenated alkanes) is 10. The molecule has 1 aliphatic rings. The molecule has 694 valence electrons. The summed E-state index contributed by atoms with van der Waals surface area (Å²) in [4.78, 5) is 228. The van der Waals surface area contributed by atoms with Crippen molar-refractivity contribution in [3.05, 3.63) is 0 Å². The van der Waals surface area contributed by atoms with E-state index in [-0.39, 0.29) is 71.1 Å².